The van der Waals surface area contributed by atoms with Crippen LogP contribution in [0, 0.1) is 0 Å². The average Bonchev–Trinajstić information content (AvgIpc) is 2.97. The van der Waals surface area contributed by atoms with Crippen molar-refractivity contribution in [3.8, 4) is 0 Å². The summed E-state index contributed by atoms with van der Waals surface area (Å²) in [6.07, 6.45) is 36.3. The van der Waals surface area contributed by atoms with Crippen molar-refractivity contribution in [2.75, 3.05) is 26.4 Å². The van der Waals surface area contributed by atoms with Crippen LogP contribution in [0.25, 0.3) is 0 Å². The zero-order chi connectivity index (χ0) is 29.2. The third-order valence-corrected chi connectivity index (χ3v) is 8.42. The van der Waals surface area contributed by atoms with Crippen LogP contribution in [0.1, 0.15) is 194 Å². The summed E-state index contributed by atoms with van der Waals surface area (Å²) in [6, 6.07) is 0. The Hall–Kier alpha value is -0.160. The van der Waals surface area contributed by atoms with Gasteiger partial charge in [-0.15, -0.1) is 0 Å². The van der Waals surface area contributed by atoms with Crippen LogP contribution in [0.4, 0.5) is 0 Å². The Morgan fingerprint density at radius 1 is 0.350 bits per heavy atom. The molecule has 0 unspecified atom stereocenters. The van der Waals surface area contributed by atoms with Gasteiger partial charge in [0.2, 0.25) is 0 Å². The quantitative estimate of drug-likeness (QED) is 0.0744. The fourth-order valence-corrected chi connectivity index (χ4v) is 5.57. The first-order chi connectivity index (χ1) is 19.8. The standard InChI is InChI=1S/C36H74O4/c1-3-5-7-9-11-13-15-17-19-21-23-25-27-31-39-35(33-37)29-30-36(34-38)40-32-28-26-24-22-20-18-16-14-12-10-8-6-4-2/h35-38H,3-34H2,1-2H3/t35-,36+. The molecule has 0 aromatic carbocycles. The molecule has 0 aliphatic rings. The van der Waals surface area contributed by atoms with Gasteiger partial charge >= 0.3 is 0 Å². The van der Waals surface area contributed by atoms with E-state index in [0.717, 1.165) is 38.9 Å². The maximum Gasteiger partial charge on any atom is 0.0806 e. The highest BCUT2D eigenvalue weighted by atomic mass is 16.5. The van der Waals surface area contributed by atoms with Gasteiger partial charge in [-0.05, 0) is 25.7 Å². The maximum absolute atomic E-state index is 9.70. The minimum absolute atomic E-state index is 0.0510. The maximum atomic E-state index is 9.70. The topological polar surface area (TPSA) is 58.9 Å². The normalized spacial score (nSPS) is 13.2. The molecular weight excluding hydrogens is 496 g/mol. The predicted molar refractivity (Wildman–Crippen MR) is 174 cm³/mol. The summed E-state index contributed by atoms with van der Waals surface area (Å²) < 4.78 is 11.9. The van der Waals surface area contributed by atoms with Crippen molar-refractivity contribution in [3.05, 3.63) is 0 Å². The molecule has 0 radical (unpaired) electrons. The van der Waals surface area contributed by atoms with Gasteiger partial charge in [0, 0.05) is 13.2 Å². The lowest BCUT2D eigenvalue weighted by molar-refractivity contribution is -0.0261. The summed E-state index contributed by atoms with van der Waals surface area (Å²) in [5.41, 5.74) is 0. The van der Waals surface area contributed by atoms with Gasteiger partial charge in [-0.1, -0.05) is 168 Å². The van der Waals surface area contributed by atoms with E-state index in [1.165, 1.54) is 154 Å². The minimum Gasteiger partial charge on any atom is -0.394 e. The molecule has 0 aromatic heterocycles. The molecule has 2 N–H and O–H groups in total. The third kappa shape index (κ3) is 30.8. The molecule has 242 valence electrons. The number of hydrogen-bond acceptors (Lipinski definition) is 4. The second-order valence-corrected chi connectivity index (χ2v) is 12.4. The number of unbranched alkanes of at least 4 members (excludes halogenated alkanes) is 24. The molecule has 4 heteroatoms. The molecule has 0 aromatic rings. The van der Waals surface area contributed by atoms with E-state index < -0.39 is 0 Å². The number of aliphatic hydroxyl groups is 2. The van der Waals surface area contributed by atoms with E-state index in [1.807, 2.05) is 0 Å². The first-order valence-corrected chi connectivity index (χ1v) is 18.2. The molecule has 40 heavy (non-hydrogen) atoms. The molecule has 0 saturated heterocycles. The average molecular weight is 571 g/mol. The van der Waals surface area contributed by atoms with Crippen LogP contribution < -0.4 is 0 Å². The van der Waals surface area contributed by atoms with Crippen LogP contribution in [-0.2, 0) is 9.47 Å². The molecule has 0 heterocycles. The Bertz CT molecular complexity index is 405. The van der Waals surface area contributed by atoms with Gasteiger partial charge < -0.3 is 19.7 Å². The van der Waals surface area contributed by atoms with E-state index in [-0.39, 0.29) is 25.4 Å². The first-order valence-electron chi connectivity index (χ1n) is 18.2. The Morgan fingerprint density at radius 2 is 0.575 bits per heavy atom. The van der Waals surface area contributed by atoms with Crippen LogP contribution in [-0.4, -0.2) is 48.8 Å². The van der Waals surface area contributed by atoms with Gasteiger partial charge in [-0.3, -0.25) is 0 Å². The summed E-state index contributed by atoms with van der Waals surface area (Å²) in [4.78, 5) is 0. The van der Waals surface area contributed by atoms with Crippen LogP contribution in [0.2, 0.25) is 0 Å². The smallest absolute Gasteiger partial charge is 0.0806 e. The first kappa shape index (κ1) is 39.8. The van der Waals surface area contributed by atoms with Gasteiger partial charge in [0.25, 0.3) is 0 Å². The second kappa shape index (κ2) is 35.0. The minimum atomic E-state index is -0.133. The summed E-state index contributed by atoms with van der Waals surface area (Å²) >= 11 is 0. The lowest BCUT2D eigenvalue weighted by atomic mass is 10.0. The summed E-state index contributed by atoms with van der Waals surface area (Å²) in [7, 11) is 0. The second-order valence-electron chi connectivity index (χ2n) is 12.4. The highest BCUT2D eigenvalue weighted by Gasteiger charge is 2.13. The Balaban J connectivity index is 3.50. The van der Waals surface area contributed by atoms with Crippen molar-refractivity contribution >= 4 is 0 Å². The fourth-order valence-electron chi connectivity index (χ4n) is 5.57. The van der Waals surface area contributed by atoms with Crippen LogP contribution in [0.3, 0.4) is 0 Å². The van der Waals surface area contributed by atoms with Crippen LogP contribution in [0.5, 0.6) is 0 Å². The number of hydrogen-bond donors (Lipinski definition) is 2. The zero-order valence-corrected chi connectivity index (χ0v) is 27.5. The van der Waals surface area contributed by atoms with Gasteiger partial charge in [-0.2, -0.15) is 0 Å². The molecule has 4 nitrogen and oxygen atoms in total. The summed E-state index contributed by atoms with van der Waals surface area (Å²) in [5.74, 6) is 0. The van der Waals surface area contributed by atoms with E-state index in [4.69, 9.17) is 9.47 Å². The molecule has 0 bridgehead atoms. The van der Waals surface area contributed by atoms with Gasteiger partial charge in [0.1, 0.15) is 0 Å². The molecule has 0 amide bonds. The summed E-state index contributed by atoms with van der Waals surface area (Å²) in [5, 5.41) is 19.4. The SMILES string of the molecule is CCCCCCCCCCCCCCCO[C@H](CO)CC[C@H](CO)OCCCCCCCCCCCCCCC. The highest BCUT2D eigenvalue weighted by Crippen LogP contribution is 2.15. The van der Waals surface area contributed by atoms with E-state index in [9.17, 15) is 10.2 Å². The lowest BCUT2D eigenvalue weighted by Crippen LogP contribution is -2.24. The van der Waals surface area contributed by atoms with E-state index in [0.29, 0.717) is 0 Å². The van der Waals surface area contributed by atoms with Gasteiger partial charge in [0.05, 0.1) is 25.4 Å². The Labute approximate surface area is 251 Å². The molecule has 0 spiro atoms. The molecule has 0 aliphatic carbocycles. The largest absolute Gasteiger partial charge is 0.394 e. The molecule has 0 rings (SSSR count). The van der Waals surface area contributed by atoms with Gasteiger partial charge in [0.15, 0.2) is 0 Å². The highest BCUT2D eigenvalue weighted by molar-refractivity contribution is 4.63. The van der Waals surface area contributed by atoms with Crippen molar-refractivity contribution in [1.82, 2.24) is 0 Å². The molecule has 0 saturated carbocycles. The molecular formula is C36H74O4. The molecule has 2 atom stereocenters. The van der Waals surface area contributed by atoms with E-state index in [2.05, 4.69) is 13.8 Å². The van der Waals surface area contributed by atoms with Crippen molar-refractivity contribution in [1.29, 1.82) is 0 Å². The van der Waals surface area contributed by atoms with Crippen LogP contribution in [0.15, 0.2) is 0 Å². The fraction of sp³-hybridized carbons (Fsp3) is 1.00. The van der Waals surface area contributed by atoms with Crippen molar-refractivity contribution < 1.29 is 19.7 Å². The van der Waals surface area contributed by atoms with E-state index >= 15 is 0 Å². The third-order valence-electron chi connectivity index (χ3n) is 8.42. The Kier molecular flexibility index (Phi) is 34.9. The van der Waals surface area contributed by atoms with E-state index in [1.54, 1.807) is 0 Å². The van der Waals surface area contributed by atoms with Crippen molar-refractivity contribution in [2.24, 2.45) is 0 Å². The number of ether oxygens (including phenoxy) is 2. The molecule has 0 fully saturated rings. The summed E-state index contributed by atoms with van der Waals surface area (Å²) in [6.45, 7) is 6.12. The van der Waals surface area contributed by atoms with Crippen molar-refractivity contribution in [2.45, 2.75) is 206 Å². The predicted octanol–water partition coefficient (Wildman–Crippen LogP) is 10.7. The zero-order valence-electron chi connectivity index (χ0n) is 27.5. The van der Waals surface area contributed by atoms with Crippen LogP contribution >= 0.6 is 0 Å². The number of aliphatic hydroxyl groups excluding tert-OH is 2. The van der Waals surface area contributed by atoms with Gasteiger partial charge in [-0.25, -0.2) is 0 Å². The number of rotatable bonds is 35. The molecule has 0 aliphatic heterocycles. The van der Waals surface area contributed by atoms with Crippen molar-refractivity contribution in [3.63, 3.8) is 0 Å². The Morgan fingerprint density at radius 3 is 0.800 bits per heavy atom. The lowest BCUT2D eigenvalue weighted by Gasteiger charge is -2.20. The monoisotopic (exact) mass is 571 g/mol.